The average Bonchev–Trinajstić information content (AvgIpc) is 2.68. The number of carbonyl (C=O) groups excluding carboxylic acids is 1. The maximum Gasteiger partial charge on any atom is 0.257 e. The molecule has 28 heavy (non-hydrogen) atoms. The number of carbonyl (C=O) groups is 1. The van der Waals surface area contributed by atoms with Crippen molar-refractivity contribution >= 4 is 23.2 Å². The summed E-state index contributed by atoms with van der Waals surface area (Å²) in [6.45, 7) is 4.96. The summed E-state index contributed by atoms with van der Waals surface area (Å²) < 4.78 is 5.64. The van der Waals surface area contributed by atoms with Crippen LogP contribution in [-0.4, -0.2) is 35.1 Å². The lowest BCUT2D eigenvalue weighted by Gasteiger charge is -2.24. The molecule has 0 spiro atoms. The van der Waals surface area contributed by atoms with Crippen molar-refractivity contribution in [1.82, 2.24) is 10.2 Å². The number of nitrogens with zero attached hydrogens (tertiary/aromatic N) is 2. The molecule has 1 amide bonds. The minimum Gasteiger partial charge on any atom is -0.491 e. The summed E-state index contributed by atoms with van der Waals surface area (Å²) in [7, 11) is 0. The van der Waals surface area contributed by atoms with Gasteiger partial charge in [0.1, 0.15) is 5.75 Å². The molecule has 2 aromatic carbocycles. The molecule has 6 heteroatoms. The topological polar surface area (TPSA) is 65.4 Å². The van der Waals surface area contributed by atoms with E-state index in [1.54, 1.807) is 18.2 Å². The molecule has 0 aromatic heterocycles. The van der Waals surface area contributed by atoms with Crippen LogP contribution in [0.3, 0.4) is 0 Å². The molecule has 0 radical (unpaired) electrons. The van der Waals surface area contributed by atoms with Gasteiger partial charge in [0.05, 0.1) is 18.6 Å². The standard InChI is InChI=1S/C22H25N3O2S/c1-17(2)27-20-11-6-10-19(16-20)21(26)24-22(28)25(14-7-13-23)15-12-18-8-4-3-5-9-18/h3-6,8-11,16-17H,7,12,14-15H2,1-2H3,(H,24,26,28). The van der Waals surface area contributed by atoms with Crippen LogP contribution in [0.5, 0.6) is 5.75 Å². The van der Waals surface area contributed by atoms with Crippen molar-refractivity contribution < 1.29 is 9.53 Å². The van der Waals surface area contributed by atoms with Gasteiger partial charge >= 0.3 is 0 Å². The first-order valence-corrected chi connectivity index (χ1v) is 9.68. The van der Waals surface area contributed by atoms with Crippen LogP contribution in [0.25, 0.3) is 0 Å². The van der Waals surface area contributed by atoms with Gasteiger partial charge in [-0.15, -0.1) is 0 Å². The van der Waals surface area contributed by atoms with Crippen LogP contribution in [0.15, 0.2) is 54.6 Å². The molecule has 0 aliphatic carbocycles. The molecule has 0 atom stereocenters. The van der Waals surface area contributed by atoms with E-state index in [0.29, 0.717) is 35.9 Å². The molecule has 0 saturated carbocycles. The number of hydrogen-bond acceptors (Lipinski definition) is 4. The molecule has 2 rings (SSSR count). The van der Waals surface area contributed by atoms with Crippen molar-refractivity contribution in [2.75, 3.05) is 13.1 Å². The number of thiocarbonyl (C=S) groups is 1. The summed E-state index contributed by atoms with van der Waals surface area (Å²) in [6.07, 6.45) is 1.14. The number of ether oxygens (including phenoxy) is 1. The Bertz CT molecular complexity index is 831. The quantitative estimate of drug-likeness (QED) is 0.686. The monoisotopic (exact) mass is 395 g/mol. The molecular weight excluding hydrogens is 370 g/mol. The number of hydrogen-bond donors (Lipinski definition) is 1. The zero-order chi connectivity index (χ0) is 20.4. The highest BCUT2D eigenvalue weighted by Crippen LogP contribution is 2.15. The molecule has 0 aliphatic rings. The molecule has 0 bridgehead atoms. The normalized spacial score (nSPS) is 10.2. The van der Waals surface area contributed by atoms with E-state index in [1.165, 1.54) is 5.56 Å². The van der Waals surface area contributed by atoms with E-state index < -0.39 is 0 Å². The van der Waals surface area contributed by atoms with E-state index in [2.05, 4.69) is 11.4 Å². The third-order valence-electron chi connectivity index (χ3n) is 3.98. The van der Waals surface area contributed by atoms with Crippen LogP contribution in [-0.2, 0) is 6.42 Å². The Morgan fingerprint density at radius 1 is 1.18 bits per heavy atom. The SMILES string of the molecule is CC(C)Oc1cccc(C(=O)NC(=S)N(CCC#N)CCc2ccccc2)c1. The molecule has 2 aromatic rings. The van der Waals surface area contributed by atoms with Gasteiger partial charge in [-0.3, -0.25) is 10.1 Å². The highest BCUT2D eigenvalue weighted by molar-refractivity contribution is 7.80. The van der Waals surface area contributed by atoms with Gasteiger partial charge in [0.2, 0.25) is 0 Å². The van der Waals surface area contributed by atoms with Gasteiger partial charge in [0, 0.05) is 18.7 Å². The van der Waals surface area contributed by atoms with E-state index in [4.69, 9.17) is 22.2 Å². The summed E-state index contributed by atoms with van der Waals surface area (Å²) in [5, 5.41) is 12.0. The van der Waals surface area contributed by atoms with Crippen LogP contribution >= 0.6 is 12.2 Å². The Hall–Kier alpha value is -2.91. The van der Waals surface area contributed by atoms with Crippen molar-refractivity contribution in [1.29, 1.82) is 5.26 Å². The lowest BCUT2D eigenvalue weighted by molar-refractivity contribution is 0.0972. The van der Waals surface area contributed by atoms with Crippen LogP contribution in [0.1, 0.15) is 36.2 Å². The van der Waals surface area contributed by atoms with Crippen molar-refractivity contribution in [2.45, 2.75) is 32.8 Å². The molecular formula is C22H25N3O2S. The van der Waals surface area contributed by atoms with Gasteiger partial charge in [-0.1, -0.05) is 36.4 Å². The van der Waals surface area contributed by atoms with Crippen LogP contribution in [0.4, 0.5) is 0 Å². The van der Waals surface area contributed by atoms with Crippen molar-refractivity contribution in [2.24, 2.45) is 0 Å². The van der Waals surface area contributed by atoms with E-state index in [-0.39, 0.29) is 12.0 Å². The molecule has 5 nitrogen and oxygen atoms in total. The molecule has 0 unspecified atom stereocenters. The molecule has 146 valence electrons. The second kappa shape index (κ2) is 11.1. The zero-order valence-corrected chi connectivity index (χ0v) is 17.0. The average molecular weight is 396 g/mol. The summed E-state index contributed by atoms with van der Waals surface area (Å²) in [4.78, 5) is 14.5. The van der Waals surface area contributed by atoms with Crippen LogP contribution < -0.4 is 10.1 Å². The summed E-state index contributed by atoms with van der Waals surface area (Å²) >= 11 is 5.44. The lowest BCUT2D eigenvalue weighted by atomic mass is 10.1. The number of amides is 1. The predicted octanol–water partition coefficient (Wildman–Crippen LogP) is 3.95. The van der Waals surface area contributed by atoms with E-state index in [0.717, 1.165) is 6.42 Å². The first kappa shape index (κ1) is 21.4. The van der Waals surface area contributed by atoms with Gasteiger partial charge < -0.3 is 9.64 Å². The maximum absolute atomic E-state index is 12.6. The third-order valence-corrected chi connectivity index (χ3v) is 4.34. The maximum atomic E-state index is 12.6. The van der Waals surface area contributed by atoms with Gasteiger partial charge in [0.25, 0.3) is 5.91 Å². The number of benzene rings is 2. The van der Waals surface area contributed by atoms with Crippen molar-refractivity contribution in [3.05, 3.63) is 65.7 Å². The molecule has 0 fully saturated rings. The fourth-order valence-electron chi connectivity index (χ4n) is 2.64. The van der Waals surface area contributed by atoms with Crippen LogP contribution in [0.2, 0.25) is 0 Å². The zero-order valence-electron chi connectivity index (χ0n) is 16.2. The Labute approximate surface area is 171 Å². The first-order valence-electron chi connectivity index (χ1n) is 9.27. The second-order valence-corrected chi connectivity index (χ2v) is 6.97. The Morgan fingerprint density at radius 2 is 1.93 bits per heavy atom. The smallest absolute Gasteiger partial charge is 0.257 e. The van der Waals surface area contributed by atoms with Gasteiger partial charge in [0.15, 0.2) is 5.11 Å². The van der Waals surface area contributed by atoms with Crippen molar-refractivity contribution in [3.63, 3.8) is 0 Å². The van der Waals surface area contributed by atoms with Gasteiger partial charge in [-0.05, 0) is 56.2 Å². The largest absolute Gasteiger partial charge is 0.491 e. The number of rotatable bonds is 8. The Balaban J connectivity index is 2.01. The lowest BCUT2D eigenvalue weighted by Crippen LogP contribution is -2.44. The van der Waals surface area contributed by atoms with E-state index in [9.17, 15) is 4.79 Å². The van der Waals surface area contributed by atoms with Gasteiger partial charge in [-0.25, -0.2) is 0 Å². The van der Waals surface area contributed by atoms with Crippen LogP contribution in [0, 0.1) is 11.3 Å². The number of nitriles is 1. The van der Waals surface area contributed by atoms with E-state index in [1.807, 2.05) is 55.1 Å². The van der Waals surface area contributed by atoms with Crippen molar-refractivity contribution in [3.8, 4) is 11.8 Å². The second-order valence-electron chi connectivity index (χ2n) is 6.58. The molecule has 0 saturated heterocycles. The third kappa shape index (κ3) is 7.01. The minimum atomic E-state index is -0.291. The fourth-order valence-corrected chi connectivity index (χ4v) is 2.92. The number of nitrogens with one attached hydrogen (secondary N) is 1. The summed E-state index contributed by atoms with van der Waals surface area (Å²) in [5.74, 6) is 0.347. The molecule has 1 N–H and O–H groups in total. The predicted molar refractivity (Wildman–Crippen MR) is 114 cm³/mol. The Morgan fingerprint density at radius 3 is 2.61 bits per heavy atom. The first-order chi connectivity index (χ1) is 13.5. The Kier molecular flexibility index (Phi) is 8.44. The highest BCUT2D eigenvalue weighted by atomic mass is 32.1. The van der Waals surface area contributed by atoms with E-state index >= 15 is 0 Å². The van der Waals surface area contributed by atoms with Gasteiger partial charge in [-0.2, -0.15) is 5.26 Å². The summed E-state index contributed by atoms with van der Waals surface area (Å²) in [5.41, 5.74) is 1.65. The molecule has 0 heterocycles. The fraction of sp³-hybridized carbons (Fsp3) is 0.318. The highest BCUT2D eigenvalue weighted by Gasteiger charge is 2.15. The molecule has 0 aliphatic heterocycles. The summed E-state index contributed by atoms with van der Waals surface area (Å²) in [6, 6.07) is 19.2. The minimum absolute atomic E-state index is 0.0267.